The Morgan fingerprint density at radius 3 is 2.93 bits per heavy atom. The highest BCUT2D eigenvalue weighted by Gasteiger charge is 2.31. The third-order valence-corrected chi connectivity index (χ3v) is 4.17. The Bertz CT molecular complexity index is 348. The summed E-state index contributed by atoms with van der Waals surface area (Å²) in [5.41, 5.74) is 0. The fourth-order valence-electron chi connectivity index (χ4n) is 1.71. The zero-order chi connectivity index (χ0) is 10.1. The van der Waals surface area contributed by atoms with Crippen molar-refractivity contribution >= 4 is 33.0 Å². The van der Waals surface area contributed by atoms with Crippen molar-refractivity contribution in [3.8, 4) is 0 Å². The van der Waals surface area contributed by atoms with Gasteiger partial charge in [-0.25, -0.2) is 0 Å². The number of thiophene rings is 1. The molecule has 76 valence electrons. The fraction of sp³-hybridized carbons (Fsp3) is 0.500. The average Bonchev–Trinajstić information content (AvgIpc) is 2.73. The van der Waals surface area contributed by atoms with Gasteiger partial charge in [-0.1, -0.05) is 0 Å². The van der Waals surface area contributed by atoms with Gasteiger partial charge in [0.05, 0.1) is 20.7 Å². The topological polar surface area (TPSA) is 26.3 Å². The van der Waals surface area contributed by atoms with Crippen LogP contribution in [-0.2, 0) is 4.74 Å². The molecule has 0 aromatic carbocycles. The number of rotatable bonds is 2. The minimum Gasteiger partial charge on any atom is -0.378 e. The molecule has 2 rings (SSSR count). The minimum atomic E-state index is 0.0561. The molecule has 1 fully saturated rings. The molecule has 1 aromatic rings. The number of carbonyl (C=O) groups excluding carboxylic acids is 1. The molecule has 2 nitrogen and oxygen atoms in total. The predicted molar refractivity (Wildman–Crippen MR) is 59.9 cm³/mol. The SMILES string of the molecule is CC1OCCC1C(=O)c1ccc(Br)s1. The molecule has 1 saturated heterocycles. The lowest BCUT2D eigenvalue weighted by molar-refractivity contribution is 0.0768. The van der Waals surface area contributed by atoms with Gasteiger partial charge in [-0.2, -0.15) is 0 Å². The summed E-state index contributed by atoms with van der Waals surface area (Å²) < 4.78 is 6.39. The van der Waals surface area contributed by atoms with Crippen molar-refractivity contribution < 1.29 is 9.53 Å². The first-order valence-electron chi connectivity index (χ1n) is 4.59. The van der Waals surface area contributed by atoms with Gasteiger partial charge in [0.2, 0.25) is 0 Å². The van der Waals surface area contributed by atoms with Crippen LogP contribution in [0.15, 0.2) is 15.9 Å². The number of Topliss-reactive ketones (excluding diaryl/α,β-unsaturated/α-hetero) is 1. The van der Waals surface area contributed by atoms with Crippen LogP contribution in [0.2, 0.25) is 0 Å². The molecule has 1 aromatic heterocycles. The van der Waals surface area contributed by atoms with E-state index in [4.69, 9.17) is 4.74 Å². The van der Waals surface area contributed by atoms with Crippen LogP contribution < -0.4 is 0 Å². The maximum atomic E-state index is 12.0. The molecule has 14 heavy (non-hydrogen) atoms. The molecule has 2 unspecified atom stereocenters. The number of ether oxygens (including phenoxy) is 1. The number of carbonyl (C=O) groups is 1. The summed E-state index contributed by atoms with van der Waals surface area (Å²) >= 11 is 4.86. The number of hydrogen-bond donors (Lipinski definition) is 0. The van der Waals surface area contributed by atoms with Crippen LogP contribution in [0.25, 0.3) is 0 Å². The average molecular weight is 275 g/mol. The molecule has 0 spiro atoms. The maximum Gasteiger partial charge on any atom is 0.178 e. The summed E-state index contributed by atoms with van der Waals surface area (Å²) in [5, 5.41) is 0. The van der Waals surface area contributed by atoms with Gasteiger partial charge in [0.1, 0.15) is 0 Å². The normalized spacial score (nSPS) is 26.7. The van der Waals surface area contributed by atoms with E-state index in [0.717, 1.165) is 15.1 Å². The van der Waals surface area contributed by atoms with E-state index in [-0.39, 0.29) is 17.8 Å². The first kappa shape index (κ1) is 10.3. The van der Waals surface area contributed by atoms with Crippen LogP contribution in [0.5, 0.6) is 0 Å². The zero-order valence-corrected chi connectivity index (χ0v) is 10.2. The van der Waals surface area contributed by atoms with Crippen molar-refractivity contribution in [2.45, 2.75) is 19.4 Å². The van der Waals surface area contributed by atoms with E-state index >= 15 is 0 Å². The van der Waals surface area contributed by atoms with Gasteiger partial charge in [0.25, 0.3) is 0 Å². The molecule has 0 aliphatic carbocycles. The lowest BCUT2D eigenvalue weighted by atomic mass is 9.96. The smallest absolute Gasteiger partial charge is 0.178 e. The van der Waals surface area contributed by atoms with Crippen LogP contribution in [0.3, 0.4) is 0 Å². The van der Waals surface area contributed by atoms with Crippen LogP contribution in [0.1, 0.15) is 23.0 Å². The molecule has 1 aliphatic heterocycles. The Morgan fingerprint density at radius 1 is 1.64 bits per heavy atom. The second kappa shape index (κ2) is 4.13. The van der Waals surface area contributed by atoms with Crippen LogP contribution in [0.4, 0.5) is 0 Å². The molecule has 2 heterocycles. The van der Waals surface area contributed by atoms with Crippen molar-refractivity contribution in [1.29, 1.82) is 0 Å². The standard InChI is InChI=1S/C10H11BrO2S/c1-6-7(4-5-13-6)10(12)8-2-3-9(11)14-8/h2-3,6-7H,4-5H2,1H3. The van der Waals surface area contributed by atoms with Crippen molar-refractivity contribution in [1.82, 2.24) is 0 Å². The Kier molecular flexibility index (Phi) is 3.04. The molecule has 1 aliphatic rings. The zero-order valence-electron chi connectivity index (χ0n) is 7.83. The number of halogens is 1. The molecular weight excluding hydrogens is 264 g/mol. The second-order valence-electron chi connectivity index (χ2n) is 3.44. The summed E-state index contributed by atoms with van der Waals surface area (Å²) in [6.07, 6.45) is 0.929. The molecule has 0 radical (unpaired) electrons. The van der Waals surface area contributed by atoms with E-state index in [1.165, 1.54) is 11.3 Å². The van der Waals surface area contributed by atoms with Gasteiger partial charge in [0.15, 0.2) is 5.78 Å². The summed E-state index contributed by atoms with van der Waals surface area (Å²) in [4.78, 5) is 12.8. The number of ketones is 1. The van der Waals surface area contributed by atoms with Crippen molar-refractivity contribution in [2.24, 2.45) is 5.92 Å². The quantitative estimate of drug-likeness (QED) is 0.775. The monoisotopic (exact) mass is 274 g/mol. The van der Waals surface area contributed by atoms with Gasteiger partial charge in [-0.3, -0.25) is 4.79 Å². The Balaban J connectivity index is 2.15. The van der Waals surface area contributed by atoms with Crippen molar-refractivity contribution in [2.75, 3.05) is 6.61 Å². The summed E-state index contributed by atoms with van der Waals surface area (Å²) in [7, 11) is 0. The summed E-state index contributed by atoms with van der Waals surface area (Å²) in [6, 6.07) is 3.79. The Morgan fingerprint density at radius 2 is 2.43 bits per heavy atom. The molecule has 0 bridgehead atoms. The molecule has 0 saturated carbocycles. The molecule has 2 atom stereocenters. The lowest BCUT2D eigenvalue weighted by Gasteiger charge is -2.10. The Hall–Kier alpha value is -0.190. The third kappa shape index (κ3) is 1.92. The van der Waals surface area contributed by atoms with Gasteiger partial charge in [-0.15, -0.1) is 11.3 Å². The van der Waals surface area contributed by atoms with E-state index < -0.39 is 0 Å². The number of hydrogen-bond acceptors (Lipinski definition) is 3. The highest BCUT2D eigenvalue weighted by molar-refractivity contribution is 9.11. The highest BCUT2D eigenvalue weighted by atomic mass is 79.9. The molecular formula is C10H11BrO2S. The van der Waals surface area contributed by atoms with Gasteiger partial charge < -0.3 is 4.74 Å². The second-order valence-corrected chi connectivity index (χ2v) is 5.90. The fourth-order valence-corrected chi connectivity index (χ4v) is 3.10. The van der Waals surface area contributed by atoms with E-state index in [0.29, 0.717) is 6.61 Å². The van der Waals surface area contributed by atoms with Crippen LogP contribution in [0, 0.1) is 5.92 Å². The molecule has 0 N–H and O–H groups in total. The van der Waals surface area contributed by atoms with Crippen LogP contribution in [-0.4, -0.2) is 18.5 Å². The largest absolute Gasteiger partial charge is 0.378 e. The van der Waals surface area contributed by atoms with Crippen molar-refractivity contribution in [3.05, 3.63) is 20.8 Å². The van der Waals surface area contributed by atoms with E-state index in [1.54, 1.807) is 0 Å². The first-order valence-corrected chi connectivity index (χ1v) is 6.20. The van der Waals surface area contributed by atoms with Gasteiger partial charge in [-0.05, 0) is 41.4 Å². The molecule has 4 heteroatoms. The van der Waals surface area contributed by atoms with Gasteiger partial charge >= 0.3 is 0 Å². The van der Waals surface area contributed by atoms with E-state index in [9.17, 15) is 4.79 Å². The summed E-state index contributed by atoms with van der Waals surface area (Å²) in [5.74, 6) is 0.284. The van der Waals surface area contributed by atoms with E-state index in [2.05, 4.69) is 15.9 Å². The van der Waals surface area contributed by atoms with Gasteiger partial charge in [0, 0.05) is 6.61 Å². The highest BCUT2D eigenvalue weighted by Crippen LogP contribution is 2.29. The lowest BCUT2D eigenvalue weighted by Crippen LogP contribution is -2.20. The van der Waals surface area contributed by atoms with E-state index in [1.807, 2.05) is 19.1 Å². The van der Waals surface area contributed by atoms with Crippen molar-refractivity contribution in [3.63, 3.8) is 0 Å². The molecule has 0 amide bonds. The first-order chi connectivity index (χ1) is 6.68. The Labute approximate surface area is 95.4 Å². The predicted octanol–water partition coefficient (Wildman–Crippen LogP) is 3.12. The minimum absolute atomic E-state index is 0.0561. The maximum absolute atomic E-state index is 12.0. The van der Waals surface area contributed by atoms with Crippen LogP contribution >= 0.6 is 27.3 Å². The third-order valence-electron chi connectivity index (χ3n) is 2.53. The summed E-state index contributed by atoms with van der Waals surface area (Å²) in [6.45, 7) is 2.68.